The zero-order valence-corrected chi connectivity index (χ0v) is 13.4. The van der Waals surface area contributed by atoms with E-state index < -0.39 is 5.41 Å². The summed E-state index contributed by atoms with van der Waals surface area (Å²) in [6, 6.07) is 0. The van der Waals surface area contributed by atoms with Crippen LogP contribution in [0.5, 0.6) is 0 Å². The van der Waals surface area contributed by atoms with Gasteiger partial charge in [-0.05, 0) is 24.7 Å². The Bertz CT molecular complexity index is 438. The molecule has 0 aromatic carbocycles. The summed E-state index contributed by atoms with van der Waals surface area (Å²) in [5.74, 6) is 0.0327. The van der Waals surface area contributed by atoms with Gasteiger partial charge in [-0.3, -0.25) is 9.78 Å². The minimum Gasteiger partial charge on any atom is -0.324 e. The van der Waals surface area contributed by atoms with Crippen LogP contribution in [0.15, 0.2) is 17.3 Å². The van der Waals surface area contributed by atoms with Crippen molar-refractivity contribution in [3.8, 4) is 0 Å². The number of rotatable bonds is 5. The van der Waals surface area contributed by atoms with Gasteiger partial charge in [0.05, 0.1) is 11.9 Å². The highest BCUT2D eigenvalue weighted by Gasteiger charge is 2.22. The molecule has 1 aromatic heterocycles. The Morgan fingerprint density at radius 3 is 2.58 bits per heavy atom. The Kier molecular flexibility index (Phi) is 5.85. The normalized spacial score (nSPS) is 11.4. The molecule has 0 fully saturated rings. The second-order valence-electron chi connectivity index (χ2n) is 5.68. The van der Waals surface area contributed by atoms with Gasteiger partial charge in [0.2, 0.25) is 5.91 Å². The molecule has 0 spiro atoms. The van der Waals surface area contributed by atoms with Crippen molar-refractivity contribution < 1.29 is 4.79 Å². The Balaban J connectivity index is 3.02. The maximum atomic E-state index is 12.1. The van der Waals surface area contributed by atoms with E-state index in [1.165, 1.54) is 5.56 Å². The number of amides is 1. The lowest BCUT2D eigenvalue weighted by molar-refractivity contribution is -0.123. The molecule has 0 aliphatic heterocycles. The van der Waals surface area contributed by atoms with E-state index in [1.54, 1.807) is 18.0 Å². The van der Waals surface area contributed by atoms with Crippen molar-refractivity contribution in [3.63, 3.8) is 0 Å². The van der Waals surface area contributed by atoms with Gasteiger partial charge in [-0.2, -0.15) is 0 Å². The number of hydrogen-bond acceptors (Lipinski definition) is 3. The lowest BCUT2D eigenvalue weighted by Gasteiger charge is -2.20. The molecular weight excluding hydrogens is 256 g/mol. The highest BCUT2D eigenvalue weighted by atomic mass is 32.2. The lowest BCUT2D eigenvalue weighted by atomic mass is 9.95. The Morgan fingerprint density at radius 1 is 1.37 bits per heavy atom. The van der Waals surface area contributed by atoms with E-state index in [2.05, 4.69) is 17.2 Å². The van der Waals surface area contributed by atoms with Gasteiger partial charge >= 0.3 is 0 Å². The summed E-state index contributed by atoms with van der Waals surface area (Å²) in [4.78, 5) is 17.5. The van der Waals surface area contributed by atoms with E-state index in [0.717, 1.165) is 29.8 Å². The minimum absolute atomic E-state index is 0.0327. The van der Waals surface area contributed by atoms with E-state index in [1.807, 2.05) is 33.2 Å². The van der Waals surface area contributed by atoms with Crippen molar-refractivity contribution in [2.45, 2.75) is 51.9 Å². The van der Waals surface area contributed by atoms with E-state index in [-0.39, 0.29) is 5.91 Å². The monoisotopic (exact) mass is 280 g/mol. The molecule has 0 bridgehead atoms. The van der Waals surface area contributed by atoms with E-state index in [9.17, 15) is 4.79 Å². The van der Waals surface area contributed by atoms with Gasteiger partial charge < -0.3 is 5.32 Å². The van der Waals surface area contributed by atoms with Crippen LogP contribution in [-0.2, 0) is 11.2 Å². The number of carbonyl (C=O) groups is 1. The third-order valence-corrected chi connectivity index (χ3v) is 3.74. The average Bonchev–Trinajstić information content (AvgIpc) is 2.35. The van der Waals surface area contributed by atoms with Crippen LogP contribution in [-0.4, -0.2) is 17.1 Å². The standard InChI is InChI=1S/C15H24N2OS/c1-6-7-8-11-12(9-16-10-13(11)19-5)17-14(18)15(2,3)4/h9-10H,6-8H2,1-5H3,(H,17,18). The second-order valence-corrected chi connectivity index (χ2v) is 6.52. The van der Waals surface area contributed by atoms with Crippen molar-refractivity contribution in [2.24, 2.45) is 5.41 Å². The molecule has 0 unspecified atom stereocenters. The summed E-state index contributed by atoms with van der Waals surface area (Å²) in [5, 5.41) is 3.02. The number of pyridine rings is 1. The molecule has 0 atom stereocenters. The number of aromatic nitrogens is 1. The van der Waals surface area contributed by atoms with Gasteiger partial charge in [-0.15, -0.1) is 11.8 Å². The summed E-state index contributed by atoms with van der Waals surface area (Å²) in [7, 11) is 0. The highest BCUT2D eigenvalue weighted by Crippen LogP contribution is 2.28. The van der Waals surface area contributed by atoms with E-state index in [4.69, 9.17) is 0 Å². The third kappa shape index (κ3) is 4.53. The van der Waals surface area contributed by atoms with Gasteiger partial charge in [-0.25, -0.2) is 0 Å². The number of carbonyl (C=O) groups excluding carboxylic acids is 1. The van der Waals surface area contributed by atoms with Crippen molar-refractivity contribution in [1.29, 1.82) is 0 Å². The molecule has 4 heteroatoms. The fourth-order valence-corrected chi connectivity index (χ4v) is 2.30. The van der Waals surface area contributed by atoms with Crippen molar-refractivity contribution in [1.82, 2.24) is 4.98 Å². The van der Waals surface area contributed by atoms with Crippen LogP contribution in [0.25, 0.3) is 0 Å². The molecule has 1 rings (SSSR count). The number of anilines is 1. The molecule has 0 saturated heterocycles. The lowest BCUT2D eigenvalue weighted by Crippen LogP contribution is -2.28. The Hall–Kier alpha value is -1.03. The summed E-state index contributed by atoms with van der Waals surface area (Å²) in [5.41, 5.74) is 1.68. The second kappa shape index (κ2) is 6.94. The molecule has 1 heterocycles. The summed E-state index contributed by atoms with van der Waals surface area (Å²) in [6.45, 7) is 7.92. The number of nitrogens with one attached hydrogen (secondary N) is 1. The fraction of sp³-hybridized carbons (Fsp3) is 0.600. The first kappa shape index (κ1) is 16.0. The first-order chi connectivity index (χ1) is 8.90. The SMILES string of the molecule is CCCCc1c(NC(=O)C(C)(C)C)cncc1SC. The average molecular weight is 280 g/mol. The molecule has 106 valence electrons. The number of nitrogens with zero attached hydrogens (tertiary/aromatic N) is 1. The van der Waals surface area contributed by atoms with Crippen molar-refractivity contribution >= 4 is 23.4 Å². The zero-order valence-electron chi connectivity index (χ0n) is 12.5. The predicted molar refractivity (Wildman–Crippen MR) is 82.7 cm³/mol. The van der Waals surface area contributed by atoms with Gasteiger partial charge in [-0.1, -0.05) is 34.1 Å². The van der Waals surface area contributed by atoms with Crippen LogP contribution < -0.4 is 5.32 Å². The first-order valence-electron chi connectivity index (χ1n) is 6.72. The number of thioether (sulfide) groups is 1. The molecule has 1 N–H and O–H groups in total. The molecule has 3 nitrogen and oxygen atoms in total. The predicted octanol–water partition coefficient (Wildman–Crippen LogP) is 4.13. The summed E-state index contributed by atoms with van der Waals surface area (Å²) >= 11 is 1.68. The molecule has 0 aliphatic carbocycles. The molecular formula is C15H24N2OS. The Labute approximate surface area is 120 Å². The van der Waals surface area contributed by atoms with Crippen LogP contribution in [0.4, 0.5) is 5.69 Å². The van der Waals surface area contributed by atoms with Crippen molar-refractivity contribution in [3.05, 3.63) is 18.0 Å². The van der Waals surface area contributed by atoms with Gasteiger partial charge in [0.1, 0.15) is 0 Å². The molecule has 0 radical (unpaired) electrons. The van der Waals surface area contributed by atoms with Crippen molar-refractivity contribution in [2.75, 3.05) is 11.6 Å². The number of hydrogen-bond donors (Lipinski definition) is 1. The quantitative estimate of drug-likeness (QED) is 0.825. The molecule has 0 aliphatic rings. The van der Waals surface area contributed by atoms with Gasteiger partial charge in [0.25, 0.3) is 0 Å². The third-order valence-electron chi connectivity index (χ3n) is 2.95. The van der Waals surface area contributed by atoms with Crippen LogP contribution in [0.3, 0.4) is 0 Å². The maximum absolute atomic E-state index is 12.1. The molecule has 1 amide bonds. The smallest absolute Gasteiger partial charge is 0.229 e. The molecule has 19 heavy (non-hydrogen) atoms. The topological polar surface area (TPSA) is 42.0 Å². The maximum Gasteiger partial charge on any atom is 0.229 e. The largest absolute Gasteiger partial charge is 0.324 e. The summed E-state index contributed by atoms with van der Waals surface area (Å²) in [6.07, 6.45) is 8.92. The minimum atomic E-state index is -0.391. The first-order valence-corrected chi connectivity index (χ1v) is 7.95. The summed E-state index contributed by atoms with van der Waals surface area (Å²) < 4.78 is 0. The van der Waals surface area contributed by atoms with Crippen LogP contribution >= 0.6 is 11.8 Å². The van der Waals surface area contributed by atoms with E-state index in [0.29, 0.717) is 0 Å². The molecule has 0 saturated carbocycles. The van der Waals surface area contributed by atoms with Gasteiger partial charge in [0, 0.05) is 16.5 Å². The Morgan fingerprint density at radius 2 is 2.05 bits per heavy atom. The molecule has 1 aromatic rings. The van der Waals surface area contributed by atoms with Gasteiger partial charge in [0.15, 0.2) is 0 Å². The van der Waals surface area contributed by atoms with E-state index >= 15 is 0 Å². The highest BCUT2D eigenvalue weighted by molar-refractivity contribution is 7.98. The van der Waals surface area contributed by atoms with Crippen LogP contribution in [0.1, 0.15) is 46.1 Å². The van der Waals surface area contributed by atoms with Crippen LogP contribution in [0.2, 0.25) is 0 Å². The van der Waals surface area contributed by atoms with Crippen LogP contribution in [0, 0.1) is 5.41 Å². The fourth-order valence-electron chi connectivity index (χ4n) is 1.67. The number of unbranched alkanes of at least 4 members (excludes halogenated alkanes) is 1. The zero-order chi connectivity index (χ0) is 14.5.